The number of hydrogen-bond donors (Lipinski definition) is 1. The highest BCUT2D eigenvalue weighted by atomic mass is 15.2. The van der Waals surface area contributed by atoms with Gasteiger partial charge in [-0.25, -0.2) is 0 Å². The molecule has 1 aliphatic rings. The number of piperidine rings is 1. The summed E-state index contributed by atoms with van der Waals surface area (Å²) in [5.74, 6) is 1.65. The molecule has 1 heterocycles. The molecule has 1 aliphatic heterocycles. The maximum Gasteiger partial charge on any atom is 0.0197 e. The first-order valence-corrected chi connectivity index (χ1v) is 7.57. The average molecular weight is 255 g/mol. The molecule has 108 valence electrons. The van der Waals surface area contributed by atoms with Crippen LogP contribution in [0.4, 0.5) is 0 Å². The fraction of sp³-hybridized carbons (Fsp3) is 1.00. The van der Waals surface area contributed by atoms with Gasteiger partial charge >= 0.3 is 0 Å². The molecule has 0 aromatic rings. The van der Waals surface area contributed by atoms with E-state index in [1.807, 2.05) is 0 Å². The molecule has 0 bridgehead atoms. The van der Waals surface area contributed by atoms with E-state index in [0.29, 0.717) is 6.04 Å². The summed E-state index contributed by atoms with van der Waals surface area (Å²) in [4.78, 5) is 4.92. The zero-order valence-electron chi connectivity index (χ0n) is 13.1. The summed E-state index contributed by atoms with van der Waals surface area (Å²) >= 11 is 0. The lowest BCUT2D eigenvalue weighted by molar-refractivity contribution is 0.177. The van der Waals surface area contributed by atoms with Crippen LogP contribution >= 0.6 is 0 Å². The van der Waals surface area contributed by atoms with Crippen molar-refractivity contribution in [1.29, 1.82) is 0 Å². The molecule has 0 aliphatic carbocycles. The summed E-state index contributed by atoms with van der Waals surface area (Å²) in [5.41, 5.74) is 0. The molecule has 18 heavy (non-hydrogen) atoms. The summed E-state index contributed by atoms with van der Waals surface area (Å²) in [6, 6.07) is 0.703. The molecule has 0 saturated carbocycles. The van der Waals surface area contributed by atoms with Gasteiger partial charge in [-0.15, -0.1) is 0 Å². The smallest absolute Gasteiger partial charge is 0.0197 e. The van der Waals surface area contributed by atoms with Crippen molar-refractivity contribution in [3.05, 3.63) is 0 Å². The first-order chi connectivity index (χ1) is 8.47. The maximum absolute atomic E-state index is 3.69. The first-order valence-electron chi connectivity index (χ1n) is 7.57. The Bertz CT molecular complexity index is 216. The van der Waals surface area contributed by atoms with Crippen LogP contribution in [0.1, 0.15) is 33.6 Å². The van der Waals surface area contributed by atoms with Gasteiger partial charge in [0, 0.05) is 32.2 Å². The zero-order chi connectivity index (χ0) is 13.5. The van der Waals surface area contributed by atoms with Crippen LogP contribution in [0.5, 0.6) is 0 Å². The van der Waals surface area contributed by atoms with Crippen molar-refractivity contribution in [2.24, 2.45) is 11.8 Å². The standard InChI is InChI=1S/C15H33N3/c1-13(2)11-18(9-8-17(4)5)12-15-10-14(3)6-7-16-15/h13-16H,6-12H2,1-5H3. The Balaban J connectivity index is 2.38. The van der Waals surface area contributed by atoms with Crippen molar-refractivity contribution < 1.29 is 0 Å². The Hall–Kier alpha value is -0.120. The van der Waals surface area contributed by atoms with E-state index >= 15 is 0 Å². The van der Waals surface area contributed by atoms with E-state index in [1.165, 1.54) is 39.0 Å². The first kappa shape index (κ1) is 15.9. The lowest BCUT2D eigenvalue weighted by Crippen LogP contribution is -2.47. The van der Waals surface area contributed by atoms with E-state index in [0.717, 1.165) is 18.4 Å². The van der Waals surface area contributed by atoms with Gasteiger partial charge in [0.1, 0.15) is 0 Å². The summed E-state index contributed by atoms with van der Waals surface area (Å²) < 4.78 is 0. The number of rotatable bonds is 7. The van der Waals surface area contributed by atoms with Gasteiger partial charge in [0.2, 0.25) is 0 Å². The highest BCUT2D eigenvalue weighted by Gasteiger charge is 2.21. The van der Waals surface area contributed by atoms with E-state index in [2.05, 4.69) is 50.0 Å². The molecule has 3 heteroatoms. The molecule has 1 N–H and O–H groups in total. The quantitative estimate of drug-likeness (QED) is 0.749. The Morgan fingerprint density at radius 3 is 2.50 bits per heavy atom. The highest BCUT2D eigenvalue weighted by Crippen LogP contribution is 2.16. The molecule has 2 atom stereocenters. The molecule has 1 fully saturated rings. The van der Waals surface area contributed by atoms with Crippen LogP contribution in [-0.2, 0) is 0 Å². The molecule has 1 rings (SSSR count). The monoisotopic (exact) mass is 255 g/mol. The van der Waals surface area contributed by atoms with Crippen LogP contribution in [0.3, 0.4) is 0 Å². The Labute approximate surface area is 114 Å². The Kier molecular flexibility index (Phi) is 7.20. The number of nitrogens with one attached hydrogen (secondary N) is 1. The molecule has 0 spiro atoms. The largest absolute Gasteiger partial charge is 0.313 e. The van der Waals surface area contributed by atoms with Crippen LogP contribution in [0.2, 0.25) is 0 Å². The van der Waals surface area contributed by atoms with Gasteiger partial charge in [0.15, 0.2) is 0 Å². The average Bonchev–Trinajstić information content (AvgIpc) is 2.25. The number of likely N-dealkylation sites (N-methyl/N-ethyl adjacent to an activating group) is 1. The fourth-order valence-corrected chi connectivity index (χ4v) is 2.79. The Morgan fingerprint density at radius 1 is 1.22 bits per heavy atom. The Morgan fingerprint density at radius 2 is 1.94 bits per heavy atom. The molecule has 2 unspecified atom stereocenters. The third kappa shape index (κ3) is 6.72. The van der Waals surface area contributed by atoms with E-state index in [-0.39, 0.29) is 0 Å². The summed E-state index contributed by atoms with van der Waals surface area (Å²) in [6.07, 6.45) is 2.69. The van der Waals surface area contributed by atoms with Gasteiger partial charge < -0.3 is 15.1 Å². The second-order valence-corrected chi connectivity index (χ2v) is 6.74. The topological polar surface area (TPSA) is 18.5 Å². The van der Waals surface area contributed by atoms with E-state index in [4.69, 9.17) is 0 Å². The second kappa shape index (κ2) is 8.13. The van der Waals surface area contributed by atoms with Gasteiger partial charge in [-0.05, 0) is 45.3 Å². The molecular formula is C15H33N3. The van der Waals surface area contributed by atoms with E-state index in [9.17, 15) is 0 Å². The molecule has 0 aromatic heterocycles. The maximum atomic E-state index is 3.69. The van der Waals surface area contributed by atoms with Crippen LogP contribution in [0.15, 0.2) is 0 Å². The molecule has 0 aromatic carbocycles. The minimum absolute atomic E-state index is 0.703. The molecule has 3 nitrogen and oxygen atoms in total. The predicted molar refractivity (Wildman–Crippen MR) is 80.0 cm³/mol. The van der Waals surface area contributed by atoms with Crippen molar-refractivity contribution in [2.75, 3.05) is 46.8 Å². The van der Waals surface area contributed by atoms with Crippen molar-refractivity contribution in [1.82, 2.24) is 15.1 Å². The van der Waals surface area contributed by atoms with Crippen LogP contribution in [-0.4, -0.2) is 62.7 Å². The number of hydrogen-bond acceptors (Lipinski definition) is 3. The summed E-state index contributed by atoms with van der Waals surface area (Å²) in [7, 11) is 4.32. The van der Waals surface area contributed by atoms with Gasteiger partial charge in [-0.2, -0.15) is 0 Å². The van der Waals surface area contributed by atoms with Gasteiger partial charge in [0.25, 0.3) is 0 Å². The summed E-state index contributed by atoms with van der Waals surface area (Å²) in [5, 5.41) is 3.69. The van der Waals surface area contributed by atoms with Crippen molar-refractivity contribution in [3.8, 4) is 0 Å². The third-order valence-corrected chi connectivity index (χ3v) is 3.72. The third-order valence-electron chi connectivity index (χ3n) is 3.72. The van der Waals surface area contributed by atoms with Gasteiger partial charge in [-0.1, -0.05) is 20.8 Å². The highest BCUT2D eigenvalue weighted by molar-refractivity contribution is 4.80. The van der Waals surface area contributed by atoms with Gasteiger partial charge in [-0.3, -0.25) is 0 Å². The second-order valence-electron chi connectivity index (χ2n) is 6.74. The number of nitrogens with zero attached hydrogens (tertiary/aromatic N) is 2. The van der Waals surface area contributed by atoms with Crippen molar-refractivity contribution >= 4 is 0 Å². The zero-order valence-corrected chi connectivity index (χ0v) is 13.1. The van der Waals surface area contributed by atoms with Gasteiger partial charge in [0.05, 0.1) is 0 Å². The van der Waals surface area contributed by atoms with Crippen molar-refractivity contribution in [2.45, 2.75) is 39.7 Å². The SMILES string of the molecule is CC(C)CN(CCN(C)C)CC1CC(C)CCN1. The fourth-order valence-electron chi connectivity index (χ4n) is 2.79. The molecule has 0 amide bonds. The van der Waals surface area contributed by atoms with E-state index in [1.54, 1.807) is 0 Å². The predicted octanol–water partition coefficient (Wildman–Crippen LogP) is 1.89. The summed E-state index contributed by atoms with van der Waals surface area (Å²) in [6.45, 7) is 13.0. The van der Waals surface area contributed by atoms with Crippen LogP contribution in [0, 0.1) is 11.8 Å². The van der Waals surface area contributed by atoms with E-state index < -0.39 is 0 Å². The molecular weight excluding hydrogens is 222 g/mol. The van der Waals surface area contributed by atoms with Crippen molar-refractivity contribution in [3.63, 3.8) is 0 Å². The van der Waals surface area contributed by atoms with Crippen LogP contribution in [0.25, 0.3) is 0 Å². The minimum atomic E-state index is 0.703. The molecule has 0 radical (unpaired) electrons. The molecule has 1 saturated heterocycles. The lowest BCUT2D eigenvalue weighted by Gasteiger charge is -2.34. The minimum Gasteiger partial charge on any atom is -0.313 e. The normalized spacial score (nSPS) is 25.3. The lowest BCUT2D eigenvalue weighted by atomic mass is 9.94. The van der Waals surface area contributed by atoms with Crippen LogP contribution < -0.4 is 5.32 Å².